The molecule has 4 N–H and O–H groups in total. The Balaban J connectivity index is 1.48. The third-order valence-electron chi connectivity index (χ3n) is 7.33. The molecule has 3 aromatic rings. The largest absolute Gasteiger partial charge is 0.374 e. The summed E-state index contributed by atoms with van der Waals surface area (Å²) in [6.07, 6.45) is 4.62. The molecule has 0 unspecified atom stereocenters. The lowest BCUT2D eigenvalue weighted by atomic mass is 9.89. The third kappa shape index (κ3) is 4.96. The zero-order valence-electron chi connectivity index (χ0n) is 20.8. The minimum absolute atomic E-state index is 0.0122. The van der Waals surface area contributed by atoms with Gasteiger partial charge in [0.25, 0.3) is 17.5 Å². The number of amides is 2. The number of hydrogen-bond donors (Lipinski definition) is 4. The second-order valence-corrected chi connectivity index (χ2v) is 9.90. The van der Waals surface area contributed by atoms with Crippen LogP contribution in [0.3, 0.4) is 0 Å². The molecule has 0 aliphatic heterocycles. The summed E-state index contributed by atoms with van der Waals surface area (Å²) in [5, 5.41) is 20.7. The highest BCUT2D eigenvalue weighted by atomic mass is 19.1. The first-order valence-corrected chi connectivity index (χ1v) is 12.7. The zero-order valence-corrected chi connectivity index (χ0v) is 20.8. The number of anilines is 1. The van der Waals surface area contributed by atoms with E-state index < -0.39 is 40.2 Å². The van der Waals surface area contributed by atoms with E-state index in [1.54, 1.807) is 6.07 Å². The molecule has 11 heteroatoms. The molecule has 2 saturated carbocycles. The first kappa shape index (κ1) is 25.4. The van der Waals surface area contributed by atoms with E-state index in [-0.39, 0.29) is 39.3 Å². The number of pyridine rings is 1. The van der Waals surface area contributed by atoms with Gasteiger partial charge in [0.05, 0.1) is 21.6 Å². The zero-order chi connectivity index (χ0) is 27.0. The first-order chi connectivity index (χ1) is 18.3. The molecule has 1 heterocycles. The maximum absolute atomic E-state index is 14.6. The van der Waals surface area contributed by atoms with Crippen LogP contribution in [-0.4, -0.2) is 40.9 Å². The van der Waals surface area contributed by atoms with E-state index in [1.807, 2.05) is 0 Å². The fourth-order valence-corrected chi connectivity index (χ4v) is 5.27. The van der Waals surface area contributed by atoms with Crippen LogP contribution in [0.1, 0.15) is 70.7 Å². The van der Waals surface area contributed by atoms with Crippen molar-refractivity contribution in [2.45, 2.75) is 56.5 Å². The second kappa shape index (κ2) is 10.2. The van der Waals surface area contributed by atoms with E-state index in [4.69, 9.17) is 0 Å². The van der Waals surface area contributed by atoms with Crippen LogP contribution in [-0.2, 0) is 0 Å². The summed E-state index contributed by atoms with van der Waals surface area (Å²) in [4.78, 5) is 52.3. The molecule has 0 radical (unpaired) electrons. The fraction of sp³-hybridized carbons (Fsp3) is 0.370. The maximum Gasteiger partial charge on any atom is 0.293 e. The number of halogens is 1. The molecule has 2 aliphatic rings. The quantitative estimate of drug-likeness (QED) is 0.273. The summed E-state index contributed by atoms with van der Waals surface area (Å²) >= 11 is 0. The lowest BCUT2D eigenvalue weighted by molar-refractivity contribution is -0.384. The number of fused-ring (bicyclic) bond motifs is 1. The van der Waals surface area contributed by atoms with Crippen LogP contribution in [0.5, 0.6) is 0 Å². The van der Waals surface area contributed by atoms with Crippen molar-refractivity contribution in [2.24, 2.45) is 0 Å². The number of aromatic nitrogens is 1. The molecule has 2 amide bonds. The van der Waals surface area contributed by atoms with Gasteiger partial charge in [-0.05, 0) is 55.4 Å². The normalized spacial score (nSPS) is 19.1. The minimum Gasteiger partial charge on any atom is -0.374 e. The Labute approximate surface area is 217 Å². The van der Waals surface area contributed by atoms with Crippen molar-refractivity contribution < 1.29 is 18.9 Å². The summed E-state index contributed by atoms with van der Waals surface area (Å²) in [6.45, 7) is 0. The number of benzene rings is 2. The molecular weight excluding hydrogens is 493 g/mol. The van der Waals surface area contributed by atoms with Crippen LogP contribution in [0.2, 0.25) is 0 Å². The molecule has 1 aromatic heterocycles. The van der Waals surface area contributed by atoms with Crippen molar-refractivity contribution in [3.05, 3.63) is 79.4 Å². The lowest BCUT2D eigenvalue weighted by Crippen LogP contribution is -2.49. The summed E-state index contributed by atoms with van der Waals surface area (Å²) in [7, 11) is 1.47. The molecule has 2 fully saturated rings. The van der Waals surface area contributed by atoms with Crippen LogP contribution in [0.25, 0.3) is 10.9 Å². The molecular formula is C27H28FN5O5. The second-order valence-electron chi connectivity index (χ2n) is 9.90. The van der Waals surface area contributed by atoms with Gasteiger partial charge in [-0.15, -0.1) is 0 Å². The van der Waals surface area contributed by atoms with Crippen molar-refractivity contribution in [1.82, 2.24) is 15.6 Å². The molecule has 0 spiro atoms. The Bertz CT molecular complexity index is 1500. The summed E-state index contributed by atoms with van der Waals surface area (Å²) in [6, 6.07) is 7.57. The van der Waals surface area contributed by atoms with Crippen molar-refractivity contribution in [3.8, 4) is 0 Å². The first-order valence-electron chi connectivity index (χ1n) is 12.7. The van der Waals surface area contributed by atoms with Gasteiger partial charge in [0.2, 0.25) is 5.56 Å². The van der Waals surface area contributed by atoms with Crippen molar-refractivity contribution >= 4 is 34.1 Å². The number of hydrogen-bond acceptors (Lipinski definition) is 6. The number of nitrogens with one attached hydrogen (secondary N) is 4. The number of carbonyl (C=O) groups is 2. The van der Waals surface area contributed by atoms with Crippen molar-refractivity contribution in [1.29, 1.82) is 0 Å². The molecule has 198 valence electrons. The van der Waals surface area contributed by atoms with Gasteiger partial charge in [-0.3, -0.25) is 24.5 Å². The number of nitro groups is 1. The summed E-state index contributed by atoms with van der Waals surface area (Å²) in [5.41, 5.74) is 0.455. The smallest absolute Gasteiger partial charge is 0.293 e. The lowest BCUT2D eigenvalue weighted by Gasteiger charge is -2.34. The highest BCUT2D eigenvalue weighted by Gasteiger charge is 2.34. The Hall–Kier alpha value is -4.28. The van der Waals surface area contributed by atoms with E-state index in [0.717, 1.165) is 37.3 Å². The van der Waals surface area contributed by atoms with Gasteiger partial charge < -0.3 is 20.9 Å². The number of nitrogens with zero attached hydrogens (tertiary/aromatic N) is 1. The van der Waals surface area contributed by atoms with E-state index in [9.17, 15) is 28.9 Å². The third-order valence-corrected chi connectivity index (χ3v) is 7.33. The molecule has 38 heavy (non-hydrogen) atoms. The molecule has 2 aromatic carbocycles. The van der Waals surface area contributed by atoms with E-state index in [2.05, 4.69) is 20.9 Å². The Kier molecular flexibility index (Phi) is 6.83. The van der Waals surface area contributed by atoms with Crippen LogP contribution in [0, 0.1) is 15.9 Å². The topological polar surface area (TPSA) is 146 Å². The van der Waals surface area contributed by atoms with Crippen molar-refractivity contribution in [2.75, 3.05) is 12.4 Å². The van der Waals surface area contributed by atoms with Crippen LogP contribution >= 0.6 is 0 Å². The van der Waals surface area contributed by atoms with E-state index >= 15 is 0 Å². The highest BCUT2D eigenvalue weighted by molar-refractivity contribution is 6.06. The predicted octanol–water partition coefficient (Wildman–Crippen LogP) is 3.97. The SMILES string of the molecule is CNC(=O)c1cc(C2CC2)cc([N+](=O)[O-])c1N[C@@H]1CCCC[C@@H]1NC(=O)c1cc(=O)[nH]c2cccc(F)c12. The average Bonchev–Trinajstić information content (AvgIpc) is 3.74. The van der Waals surface area contributed by atoms with Crippen LogP contribution in [0.15, 0.2) is 41.2 Å². The van der Waals surface area contributed by atoms with Crippen LogP contribution in [0.4, 0.5) is 15.8 Å². The molecule has 5 rings (SSSR count). The van der Waals surface area contributed by atoms with E-state index in [0.29, 0.717) is 12.8 Å². The standard InChI is InChI=1S/C27H28FN5O5/c1-29-26(35)17-11-15(14-9-10-14)12-22(33(37)38)25(17)31-19-6-2-3-7-20(19)32-27(36)16-13-23(34)30-21-8-4-5-18(28)24(16)21/h4-5,8,11-14,19-20,31H,2-3,6-7,9-10H2,1H3,(H,29,35)(H,30,34)(H,32,36)/t19-,20+/m1/s1. The predicted molar refractivity (Wildman–Crippen MR) is 140 cm³/mol. The Morgan fingerprint density at radius 2 is 1.76 bits per heavy atom. The number of aromatic amines is 1. The maximum atomic E-state index is 14.6. The Morgan fingerprint density at radius 1 is 1.03 bits per heavy atom. The van der Waals surface area contributed by atoms with Gasteiger partial charge in [-0.1, -0.05) is 18.9 Å². The van der Waals surface area contributed by atoms with Gasteiger partial charge in [0, 0.05) is 36.7 Å². The summed E-state index contributed by atoms with van der Waals surface area (Å²) in [5.74, 6) is -1.49. The summed E-state index contributed by atoms with van der Waals surface area (Å²) < 4.78 is 14.6. The molecule has 0 saturated heterocycles. The fourth-order valence-electron chi connectivity index (χ4n) is 5.27. The van der Waals surface area contributed by atoms with Gasteiger partial charge in [-0.25, -0.2) is 4.39 Å². The van der Waals surface area contributed by atoms with Crippen LogP contribution < -0.4 is 21.5 Å². The Morgan fingerprint density at radius 3 is 2.45 bits per heavy atom. The van der Waals surface area contributed by atoms with E-state index in [1.165, 1.54) is 31.3 Å². The average molecular weight is 522 g/mol. The number of carbonyl (C=O) groups excluding carboxylic acids is 2. The highest BCUT2D eigenvalue weighted by Crippen LogP contribution is 2.44. The minimum atomic E-state index is -0.635. The monoisotopic (exact) mass is 521 g/mol. The number of H-pyrrole nitrogens is 1. The molecule has 0 bridgehead atoms. The van der Waals surface area contributed by atoms with Gasteiger partial charge in [0.1, 0.15) is 11.5 Å². The molecule has 2 aliphatic carbocycles. The van der Waals surface area contributed by atoms with Gasteiger partial charge >= 0.3 is 0 Å². The van der Waals surface area contributed by atoms with Crippen molar-refractivity contribution in [3.63, 3.8) is 0 Å². The number of nitro benzene ring substituents is 1. The molecule has 10 nitrogen and oxygen atoms in total. The van der Waals surface area contributed by atoms with Gasteiger partial charge in [-0.2, -0.15) is 0 Å². The van der Waals surface area contributed by atoms with Gasteiger partial charge in [0.15, 0.2) is 0 Å². The molecule has 2 atom stereocenters. The number of rotatable bonds is 7.